The zero-order valence-electron chi connectivity index (χ0n) is 13.0. The van der Waals surface area contributed by atoms with E-state index in [1.54, 1.807) is 0 Å². The third-order valence-corrected chi connectivity index (χ3v) is 4.13. The van der Waals surface area contributed by atoms with Gasteiger partial charge in [-0.1, -0.05) is 19.1 Å². The first kappa shape index (κ1) is 15.3. The molecule has 0 bridgehead atoms. The van der Waals surface area contributed by atoms with Crippen LogP contribution in [0.2, 0.25) is 0 Å². The fourth-order valence-electron chi connectivity index (χ4n) is 2.95. The number of carboxylic acid groups (broad SMARTS) is 1. The number of amides is 1. The van der Waals surface area contributed by atoms with E-state index >= 15 is 0 Å². The van der Waals surface area contributed by atoms with Crippen molar-refractivity contribution in [3.05, 3.63) is 46.8 Å². The van der Waals surface area contributed by atoms with Crippen LogP contribution in [0, 0.1) is 0 Å². The van der Waals surface area contributed by atoms with Crippen molar-refractivity contribution in [3.8, 4) is 5.69 Å². The van der Waals surface area contributed by atoms with Gasteiger partial charge in [0.1, 0.15) is 6.54 Å². The van der Waals surface area contributed by atoms with Crippen molar-refractivity contribution in [2.75, 3.05) is 6.54 Å². The van der Waals surface area contributed by atoms with Crippen molar-refractivity contribution in [3.63, 3.8) is 0 Å². The Hall–Kier alpha value is -2.63. The molecule has 23 heavy (non-hydrogen) atoms. The van der Waals surface area contributed by atoms with Gasteiger partial charge in [0.15, 0.2) is 5.69 Å². The second-order valence-corrected chi connectivity index (χ2v) is 5.64. The van der Waals surface area contributed by atoms with E-state index in [-0.39, 0.29) is 0 Å². The molecule has 6 nitrogen and oxygen atoms in total. The first-order valence-corrected chi connectivity index (χ1v) is 7.80. The number of nitrogens with one attached hydrogen (secondary N) is 1. The number of nitrogens with zero attached hydrogens (tertiary/aromatic N) is 2. The predicted octanol–water partition coefficient (Wildman–Crippen LogP) is 1.74. The molecule has 0 saturated heterocycles. The highest BCUT2D eigenvalue weighted by molar-refractivity contribution is 5.95. The average molecular weight is 313 g/mol. The first-order valence-electron chi connectivity index (χ1n) is 7.80. The van der Waals surface area contributed by atoms with E-state index in [1.807, 2.05) is 16.8 Å². The summed E-state index contributed by atoms with van der Waals surface area (Å²) in [6.07, 6.45) is 3.64. The fourth-order valence-corrected chi connectivity index (χ4v) is 2.95. The Labute approximate surface area is 134 Å². The van der Waals surface area contributed by atoms with Gasteiger partial charge in [-0.25, -0.2) is 4.68 Å². The van der Waals surface area contributed by atoms with Gasteiger partial charge in [0, 0.05) is 11.3 Å². The third kappa shape index (κ3) is 2.97. The van der Waals surface area contributed by atoms with Crippen LogP contribution in [-0.4, -0.2) is 33.3 Å². The van der Waals surface area contributed by atoms with E-state index in [2.05, 4.69) is 29.5 Å². The Balaban J connectivity index is 1.94. The lowest BCUT2D eigenvalue weighted by Gasteiger charge is -2.06. The van der Waals surface area contributed by atoms with Crippen LogP contribution in [0.15, 0.2) is 24.3 Å². The standard InChI is InChI=1S/C17H19N3O3/c1-2-11-6-8-12(9-7-11)20-14-5-3-4-13(14)16(19-20)17(23)18-10-15(21)22/h6-9H,2-5,10H2,1H3,(H,18,23)(H,21,22). The van der Waals surface area contributed by atoms with Crippen LogP contribution < -0.4 is 5.32 Å². The van der Waals surface area contributed by atoms with Crippen LogP contribution in [0.3, 0.4) is 0 Å². The summed E-state index contributed by atoms with van der Waals surface area (Å²) in [6.45, 7) is 1.71. The number of hydrogen-bond donors (Lipinski definition) is 2. The van der Waals surface area contributed by atoms with E-state index in [0.29, 0.717) is 5.69 Å². The smallest absolute Gasteiger partial charge is 0.322 e. The van der Waals surface area contributed by atoms with E-state index < -0.39 is 18.4 Å². The van der Waals surface area contributed by atoms with Gasteiger partial charge in [0.05, 0.1) is 5.69 Å². The number of carbonyl (C=O) groups is 2. The average Bonchev–Trinajstić information content (AvgIpc) is 3.15. The maximum atomic E-state index is 12.2. The van der Waals surface area contributed by atoms with Crippen LogP contribution in [0.4, 0.5) is 0 Å². The highest BCUT2D eigenvalue weighted by Gasteiger charge is 2.27. The molecule has 2 aromatic rings. The molecule has 0 aliphatic heterocycles. The topological polar surface area (TPSA) is 84.2 Å². The normalized spacial score (nSPS) is 12.9. The minimum atomic E-state index is -1.07. The third-order valence-electron chi connectivity index (χ3n) is 4.13. The van der Waals surface area contributed by atoms with Crippen LogP contribution >= 0.6 is 0 Å². The number of aliphatic carboxylic acids is 1. The molecule has 0 saturated carbocycles. The molecule has 1 heterocycles. The molecular weight excluding hydrogens is 294 g/mol. The maximum Gasteiger partial charge on any atom is 0.322 e. The lowest BCUT2D eigenvalue weighted by atomic mass is 10.1. The van der Waals surface area contributed by atoms with Crippen molar-refractivity contribution < 1.29 is 14.7 Å². The maximum absolute atomic E-state index is 12.2. The summed E-state index contributed by atoms with van der Waals surface area (Å²) in [6, 6.07) is 8.12. The summed E-state index contributed by atoms with van der Waals surface area (Å²) < 4.78 is 1.82. The van der Waals surface area contributed by atoms with E-state index in [1.165, 1.54) is 5.56 Å². The summed E-state index contributed by atoms with van der Waals surface area (Å²) in [7, 11) is 0. The largest absolute Gasteiger partial charge is 0.480 e. The number of aryl methyl sites for hydroxylation is 1. The molecule has 120 valence electrons. The van der Waals surface area contributed by atoms with Gasteiger partial charge in [-0.05, 0) is 43.4 Å². The second kappa shape index (κ2) is 6.24. The van der Waals surface area contributed by atoms with Crippen molar-refractivity contribution in [2.45, 2.75) is 32.6 Å². The summed E-state index contributed by atoms with van der Waals surface area (Å²) >= 11 is 0. The number of aromatic nitrogens is 2. The molecule has 0 radical (unpaired) electrons. The number of hydrogen-bond acceptors (Lipinski definition) is 3. The number of carboxylic acids is 1. The van der Waals surface area contributed by atoms with Crippen LogP contribution in [-0.2, 0) is 24.1 Å². The quantitative estimate of drug-likeness (QED) is 0.880. The first-order chi connectivity index (χ1) is 11.1. The molecule has 0 atom stereocenters. The van der Waals surface area contributed by atoms with Crippen LogP contribution in [0.25, 0.3) is 5.69 Å². The number of fused-ring (bicyclic) bond motifs is 1. The fraction of sp³-hybridized carbons (Fsp3) is 0.353. The molecule has 2 N–H and O–H groups in total. The van der Waals surface area contributed by atoms with Crippen LogP contribution in [0.1, 0.15) is 40.7 Å². The monoisotopic (exact) mass is 313 g/mol. The Morgan fingerprint density at radius 1 is 1.26 bits per heavy atom. The minimum Gasteiger partial charge on any atom is -0.480 e. The highest BCUT2D eigenvalue weighted by atomic mass is 16.4. The molecular formula is C17H19N3O3. The van der Waals surface area contributed by atoms with Gasteiger partial charge in [-0.15, -0.1) is 0 Å². The molecule has 1 aromatic carbocycles. The lowest BCUT2D eigenvalue weighted by Crippen LogP contribution is -2.30. The summed E-state index contributed by atoms with van der Waals surface area (Å²) in [4.78, 5) is 22.8. The Morgan fingerprint density at radius 2 is 2.00 bits per heavy atom. The van der Waals surface area contributed by atoms with Crippen LogP contribution in [0.5, 0.6) is 0 Å². The summed E-state index contributed by atoms with van der Waals surface area (Å²) in [5.74, 6) is -1.49. The van der Waals surface area contributed by atoms with E-state index in [4.69, 9.17) is 5.11 Å². The van der Waals surface area contributed by atoms with Crippen molar-refractivity contribution in [1.82, 2.24) is 15.1 Å². The molecule has 1 amide bonds. The van der Waals surface area contributed by atoms with Gasteiger partial charge in [0.2, 0.25) is 0 Å². The number of benzene rings is 1. The molecule has 0 spiro atoms. The number of rotatable bonds is 5. The Kier molecular flexibility index (Phi) is 4.14. The Bertz CT molecular complexity index is 747. The van der Waals surface area contributed by atoms with Crippen molar-refractivity contribution >= 4 is 11.9 Å². The molecule has 3 rings (SSSR count). The molecule has 0 unspecified atom stereocenters. The SMILES string of the molecule is CCc1ccc(-n2nc(C(=O)NCC(=O)O)c3c2CCC3)cc1. The van der Waals surface area contributed by atoms with Gasteiger partial charge in [-0.3, -0.25) is 9.59 Å². The minimum absolute atomic E-state index is 0.346. The van der Waals surface area contributed by atoms with E-state index in [0.717, 1.165) is 42.6 Å². The van der Waals surface area contributed by atoms with Gasteiger partial charge >= 0.3 is 5.97 Å². The molecule has 1 aromatic heterocycles. The highest BCUT2D eigenvalue weighted by Crippen LogP contribution is 2.27. The van der Waals surface area contributed by atoms with Gasteiger partial charge < -0.3 is 10.4 Å². The zero-order chi connectivity index (χ0) is 16.4. The number of carbonyl (C=O) groups excluding carboxylic acids is 1. The van der Waals surface area contributed by atoms with Gasteiger partial charge in [0.25, 0.3) is 5.91 Å². The van der Waals surface area contributed by atoms with Crippen molar-refractivity contribution in [2.24, 2.45) is 0 Å². The second-order valence-electron chi connectivity index (χ2n) is 5.64. The predicted molar refractivity (Wildman–Crippen MR) is 84.9 cm³/mol. The van der Waals surface area contributed by atoms with Gasteiger partial charge in [-0.2, -0.15) is 5.10 Å². The zero-order valence-corrected chi connectivity index (χ0v) is 13.0. The van der Waals surface area contributed by atoms with E-state index in [9.17, 15) is 9.59 Å². The molecule has 1 aliphatic rings. The Morgan fingerprint density at radius 3 is 2.65 bits per heavy atom. The molecule has 1 aliphatic carbocycles. The lowest BCUT2D eigenvalue weighted by molar-refractivity contribution is -0.135. The van der Waals surface area contributed by atoms with Crippen molar-refractivity contribution in [1.29, 1.82) is 0 Å². The molecule has 6 heteroatoms. The summed E-state index contributed by atoms with van der Waals surface area (Å²) in [5, 5.41) is 15.5. The molecule has 0 fully saturated rings. The summed E-state index contributed by atoms with van der Waals surface area (Å²) in [5.41, 5.74) is 4.51.